The smallest absolute Gasteiger partial charge is 0.131 e. The van der Waals surface area contributed by atoms with Gasteiger partial charge in [-0.25, -0.2) is 4.98 Å². The van der Waals surface area contributed by atoms with Crippen LogP contribution in [-0.4, -0.2) is 4.98 Å². The van der Waals surface area contributed by atoms with E-state index < -0.39 is 0 Å². The Morgan fingerprint density at radius 1 is 1.24 bits per heavy atom. The fraction of sp³-hybridized carbons (Fsp3) is 0.154. The normalized spacial score (nSPS) is 12.2. The van der Waals surface area contributed by atoms with E-state index in [9.17, 15) is 0 Å². The summed E-state index contributed by atoms with van der Waals surface area (Å²) in [4.78, 5) is 4.20. The Morgan fingerprint density at radius 3 is 2.71 bits per heavy atom. The summed E-state index contributed by atoms with van der Waals surface area (Å²) in [7, 11) is 0. The van der Waals surface area contributed by atoms with Crippen molar-refractivity contribution in [1.82, 2.24) is 4.98 Å². The number of nitrogens with zero attached hydrogens (tertiary/aromatic N) is 1. The number of benzene rings is 1. The van der Waals surface area contributed by atoms with Gasteiger partial charge in [0, 0.05) is 10.5 Å². The van der Waals surface area contributed by atoms with Crippen molar-refractivity contribution in [2.75, 3.05) is 5.32 Å². The summed E-state index contributed by atoms with van der Waals surface area (Å²) in [5, 5.41) is 3.81. The van der Waals surface area contributed by atoms with Crippen LogP contribution < -0.4 is 5.32 Å². The van der Waals surface area contributed by atoms with Crippen molar-refractivity contribution in [3.8, 4) is 0 Å². The maximum atomic E-state index is 5.84. The number of hydrogen-bond acceptors (Lipinski definition) is 2. The Morgan fingerprint density at radius 2 is 2.00 bits per heavy atom. The molecule has 1 heterocycles. The van der Waals surface area contributed by atoms with Crippen LogP contribution in [0.1, 0.15) is 18.5 Å². The largest absolute Gasteiger partial charge is 0.364 e. The minimum Gasteiger partial charge on any atom is -0.364 e. The van der Waals surface area contributed by atoms with Crippen LogP contribution in [0.3, 0.4) is 0 Å². The molecule has 4 heteroatoms. The van der Waals surface area contributed by atoms with Crippen LogP contribution in [0, 0.1) is 0 Å². The highest BCUT2D eigenvalue weighted by molar-refractivity contribution is 9.10. The Balaban J connectivity index is 2.14. The summed E-state index contributed by atoms with van der Waals surface area (Å²) in [6, 6.07) is 13.9. The lowest BCUT2D eigenvalue weighted by Crippen LogP contribution is -2.07. The second kappa shape index (κ2) is 5.52. The lowest BCUT2D eigenvalue weighted by Gasteiger charge is -2.15. The van der Waals surface area contributed by atoms with Gasteiger partial charge < -0.3 is 5.32 Å². The van der Waals surface area contributed by atoms with Gasteiger partial charge in [0.15, 0.2) is 0 Å². The van der Waals surface area contributed by atoms with E-state index in [1.54, 1.807) is 6.07 Å². The first-order valence-corrected chi connectivity index (χ1v) is 6.47. The first-order chi connectivity index (χ1) is 8.15. The third-order valence-electron chi connectivity index (χ3n) is 2.43. The quantitative estimate of drug-likeness (QED) is 0.833. The molecule has 2 nitrogen and oxygen atoms in total. The van der Waals surface area contributed by atoms with Crippen LogP contribution >= 0.6 is 27.5 Å². The molecule has 1 aromatic carbocycles. The molecule has 0 aliphatic carbocycles. The zero-order valence-electron chi connectivity index (χ0n) is 9.32. The highest BCUT2D eigenvalue weighted by atomic mass is 79.9. The monoisotopic (exact) mass is 310 g/mol. The Hall–Kier alpha value is -1.06. The molecule has 0 saturated carbocycles. The maximum Gasteiger partial charge on any atom is 0.131 e. The maximum absolute atomic E-state index is 5.84. The fourth-order valence-corrected chi connectivity index (χ4v) is 2.15. The van der Waals surface area contributed by atoms with E-state index in [-0.39, 0.29) is 6.04 Å². The molecule has 1 aromatic heterocycles. The van der Waals surface area contributed by atoms with Gasteiger partial charge in [0.2, 0.25) is 0 Å². The SMILES string of the molecule is CC(Nc1cccc(Cl)n1)c1cccc(Br)c1. The average Bonchev–Trinajstić information content (AvgIpc) is 2.29. The first kappa shape index (κ1) is 12.4. The number of rotatable bonds is 3. The van der Waals surface area contributed by atoms with Crippen molar-refractivity contribution in [2.45, 2.75) is 13.0 Å². The average molecular weight is 312 g/mol. The molecule has 0 spiro atoms. The number of hydrogen-bond donors (Lipinski definition) is 1. The van der Waals surface area contributed by atoms with Crippen LogP contribution in [0.2, 0.25) is 5.15 Å². The van der Waals surface area contributed by atoms with Crippen LogP contribution in [0.5, 0.6) is 0 Å². The van der Waals surface area contributed by atoms with Crippen LogP contribution in [0.4, 0.5) is 5.82 Å². The molecule has 2 aromatic rings. The molecule has 88 valence electrons. The van der Waals surface area contributed by atoms with Gasteiger partial charge in [-0.2, -0.15) is 0 Å². The number of anilines is 1. The van der Waals surface area contributed by atoms with Crippen LogP contribution in [-0.2, 0) is 0 Å². The van der Waals surface area contributed by atoms with E-state index in [0.717, 1.165) is 10.3 Å². The second-order valence-electron chi connectivity index (χ2n) is 3.77. The van der Waals surface area contributed by atoms with Gasteiger partial charge in [0.25, 0.3) is 0 Å². The predicted octanol–water partition coefficient (Wildman–Crippen LogP) is 4.67. The summed E-state index contributed by atoms with van der Waals surface area (Å²) < 4.78 is 1.07. The summed E-state index contributed by atoms with van der Waals surface area (Å²) in [5.74, 6) is 0.782. The summed E-state index contributed by atoms with van der Waals surface area (Å²) in [6.45, 7) is 2.09. The molecule has 1 unspecified atom stereocenters. The Kier molecular flexibility index (Phi) is 4.02. The molecule has 0 saturated heterocycles. The minimum absolute atomic E-state index is 0.179. The third-order valence-corrected chi connectivity index (χ3v) is 3.13. The predicted molar refractivity (Wildman–Crippen MR) is 75.4 cm³/mol. The van der Waals surface area contributed by atoms with Crippen molar-refractivity contribution in [2.24, 2.45) is 0 Å². The summed E-state index contributed by atoms with van der Waals surface area (Å²) in [6.07, 6.45) is 0. The summed E-state index contributed by atoms with van der Waals surface area (Å²) >= 11 is 9.30. The molecule has 0 amide bonds. The van der Waals surface area contributed by atoms with Gasteiger partial charge in [-0.3, -0.25) is 0 Å². The molecule has 2 rings (SSSR count). The molecule has 0 bridgehead atoms. The molecule has 17 heavy (non-hydrogen) atoms. The Bertz CT molecular complexity index is 516. The number of halogens is 2. The van der Waals surface area contributed by atoms with Gasteiger partial charge in [-0.1, -0.05) is 45.7 Å². The van der Waals surface area contributed by atoms with Crippen molar-refractivity contribution >= 4 is 33.3 Å². The van der Waals surface area contributed by atoms with Crippen LogP contribution in [0.25, 0.3) is 0 Å². The van der Waals surface area contributed by atoms with Gasteiger partial charge in [-0.15, -0.1) is 0 Å². The van der Waals surface area contributed by atoms with E-state index >= 15 is 0 Å². The first-order valence-electron chi connectivity index (χ1n) is 5.30. The van der Waals surface area contributed by atoms with Crippen molar-refractivity contribution in [1.29, 1.82) is 0 Å². The second-order valence-corrected chi connectivity index (χ2v) is 5.07. The van der Waals surface area contributed by atoms with E-state index in [0.29, 0.717) is 5.15 Å². The fourth-order valence-electron chi connectivity index (χ4n) is 1.57. The molecule has 0 aliphatic rings. The molecule has 0 aliphatic heterocycles. The zero-order valence-corrected chi connectivity index (χ0v) is 11.7. The highest BCUT2D eigenvalue weighted by Gasteiger charge is 2.06. The van der Waals surface area contributed by atoms with Gasteiger partial charge in [0.1, 0.15) is 11.0 Å². The van der Waals surface area contributed by atoms with E-state index in [4.69, 9.17) is 11.6 Å². The van der Waals surface area contributed by atoms with Crippen molar-refractivity contribution < 1.29 is 0 Å². The minimum atomic E-state index is 0.179. The number of nitrogens with one attached hydrogen (secondary N) is 1. The third kappa shape index (κ3) is 3.45. The molecule has 1 N–H and O–H groups in total. The zero-order chi connectivity index (χ0) is 12.3. The van der Waals surface area contributed by atoms with Crippen molar-refractivity contribution in [3.05, 3.63) is 57.7 Å². The molecule has 0 fully saturated rings. The molecular weight excluding hydrogens is 300 g/mol. The lowest BCUT2D eigenvalue weighted by atomic mass is 10.1. The molecule has 1 atom stereocenters. The van der Waals surface area contributed by atoms with Gasteiger partial charge >= 0.3 is 0 Å². The number of pyridine rings is 1. The number of aromatic nitrogens is 1. The highest BCUT2D eigenvalue weighted by Crippen LogP contribution is 2.21. The molecular formula is C13H12BrClN2. The lowest BCUT2D eigenvalue weighted by molar-refractivity contribution is 0.874. The van der Waals surface area contributed by atoms with Crippen LogP contribution in [0.15, 0.2) is 46.9 Å². The van der Waals surface area contributed by atoms with E-state index in [1.807, 2.05) is 24.3 Å². The van der Waals surface area contributed by atoms with E-state index in [1.165, 1.54) is 5.56 Å². The molecule has 0 radical (unpaired) electrons. The standard InChI is InChI=1S/C13H12BrClN2/c1-9(10-4-2-5-11(14)8-10)16-13-7-3-6-12(15)17-13/h2-9H,1H3,(H,16,17). The Labute approximate surface area is 114 Å². The van der Waals surface area contributed by atoms with E-state index in [2.05, 4.69) is 45.3 Å². The summed E-state index contributed by atoms with van der Waals surface area (Å²) in [5.41, 5.74) is 1.20. The van der Waals surface area contributed by atoms with Gasteiger partial charge in [0.05, 0.1) is 0 Å². The van der Waals surface area contributed by atoms with Crippen molar-refractivity contribution in [3.63, 3.8) is 0 Å². The van der Waals surface area contributed by atoms with Gasteiger partial charge in [-0.05, 0) is 36.8 Å². The topological polar surface area (TPSA) is 24.9 Å².